The second kappa shape index (κ2) is 5.41. The summed E-state index contributed by atoms with van der Waals surface area (Å²) in [7, 11) is 0. The summed E-state index contributed by atoms with van der Waals surface area (Å²) in [6.07, 6.45) is 1.68. The first-order valence-corrected chi connectivity index (χ1v) is 8.43. The van der Waals surface area contributed by atoms with Gasteiger partial charge in [0.2, 0.25) is 0 Å². The maximum atomic E-state index is 11.4. The van der Waals surface area contributed by atoms with Crippen LogP contribution in [-0.2, 0) is 10.8 Å². The van der Waals surface area contributed by atoms with Gasteiger partial charge in [-0.25, -0.2) is 0 Å². The number of carbonyl (C=O) groups is 2. The van der Waals surface area contributed by atoms with Crippen molar-refractivity contribution in [3.05, 3.63) is 58.7 Å². The molecule has 0 aliphatic heterocycles. The lowest BCUT2D eigenvalue weighted by atomic mass is 9.71. The predicted octanol–water partition coefficient (Wildman–Crippen LogP) is 5.18. The third-order valence-electron chi connectivity index (χ3n) is 6.22. The van der Waals surface area contributed by atoms with Gasteiger partial charge in [-0.05, 0) is 45.1 Å². The summed E-state index contributed by atoms with van der Waals surface area (Å²) < 4.78 is 0. The summed E-state index contributed by atoms with van der Waals surface area (Å²) in [4.78, 5) is 22.5. The molecule has 1 aliphatic rings. The monoisotopic (exact) mass is 320 g/mol. The second-order valence-electron chi connectivity index (χ2n) is 8.01. The third kappa shape index (κ3) is 2.24. The Bertz CT molecular complexity index is 828. The highest BCUT2D eigenvalue weighted by Crippen LogP contribution is 2.54. The van der Waals surface area contributed by atoms with Crippen molar-refractivity contribution in [1.82, 2.24) is 0 Å². The van der Waals surface area contributed by atoms with E-state index in [1.807, 2.05) is 0 Å². The van der Waals surface area contributed by atoms with Crippen LogP contribution >= 0.6 is 0 Å². The zero-order valence-corrected chi connectivity index (χ0v) is 15.0. The van der Waals surface area contributed by atoms with Gasteiger partial charge in [0.25, 0.3) is 0 Å². The van der Waals surface area contributed by atoms with Crippen molar-refractivity contribution in [3.8, 4) is 11.1 Å². The van der Waals surface area contributed by atoms with Crippen LogP contribution in [0.2, 0.25) is 0 Å². The molecule has 124 valence electrons. The number of aldehydes is 2. The summed E-state index contributed by atoms with van der Waals surface area (Å²) >= 11 is 0. The summed E-state index contributed by atoms with van der Waals surface area (Å²) in [5.41, 5.74) is 5.93. The first-order chi connectivity index (χ1) is 11.2. The quantitative estimate of drug-likeness (QED) is 0.730. The van der Waals surface area contributed by atoms with Gasteiger partial charge < -0.3 is 0 Å². The van der Waals surface area contributed by atoms with E-state index in [-0.39, 0.29) is 10.8 Å². The van der Waals surface area contributed by atoms with Gasteiger partial charge in [0.15, 0.2) is 6.29 Å². The summed E-state index contributed by atoms with van der Waals surface area (Å²) in [5.74, 6) is 0.516. The maximum Gasteiger partial charge on any atom is 0.150 e. The van der Waals surface area contributed by atoms with Crippen LogP contribution in [0.3, 0.4) is 0 Å². The van der Waals surface area contributed by atoms with Crippen LogP contribution in [0, 0.1) is 5.92 Å². The fourth-order valence-corrected chi connectivity index (χ4v) is 4.18. The van der Waals surface area contributed by atoms with Crippen molar-refractivity contribution in [2.24, 2.45) is 5.92 Å². The fraction of sp³-hybridized carbons (Fsp3) is 0.364. The molecular weight excluding hydrogens is 296 g/mol. The van der Waals surface area contributed by atoms with E-state index in [0.717, 1.165) is 23.7 Å². The average Bonchev–Trinajstić information content (AvgIpc) is 2.72. The molecule has 0 saturated carbocycles. The van der Waals surface area contributed by atoms with Crippen LogP contribution < -0.4 is 0 Å². The molecule has 2 nitrogen and oxygen atoms in total. The minimum Gasteiger partial charge on any atom is -0.298 e. The van der Waals surface area contributed by atoms with E-state index < -0.39 is 0 Å². The summed E-state index contributed by atoms with van der Waals surface area (Å²) in [6, 6.07) is 11.7. The lowest BCUT2D eigenvalue weighted by Gasteiger charge is -2.32. The van der Waals surface area contributed by atoms with Gasteiger partial charge >= 0.3 is 0 Å². The Labute approximate surface area is 143 Å². The van der Waals surface area contributed by atoms with Gasteiger partial charge in [-0.15, -0.1) is 0 Å². The van der Waals surface area contributed by atoms with Gasteiger partial charge in [0.05, 0.1) is 0 Å². The minimum absolute atomic E-state index is 0.0679. The largest absolute Gasteiger partial charge is 0.298 e. The Balaban J connectivity index is 2.23. The number of carbonyl (C=O) groups excluding carboxylic acids is 2. The van der Waals surface area contributed by atoms with Crippen LogP contribution in [0.15, 0.2) is 36.4 Å². The molecule has 0 spiro atoms. The van der Waals surface area contributed by atoms with Gasteiger partial charge in [-0.1, -0.05) is 65.0 Å². The number of rotatable bonds is 3. The average molecular weight is 320 g/mol. The highest BCUT2D eigenvalue weighted by molar-refractivity contribution is 5.91. The number of hydrogen-bond acceptors (Lipinski definition) is 2. The van der Waals surface area contributed by atoms with Crippen LogP contribution in [0.1, 0.15) is 66.5 Å². The maximum absolute atomic E-state index is 11.4. The Morgan fingerprint density at radius 1 is 0.833 bits per heavy atom. The second-order valence-corrected chi connectivity index (χ2v) is 8.01. The number of benzene rings is 2. The first kappa shape index (κ1) is 16.6. The molecule has 0 amide bonds. The molecule has 0 fully saturated rings. The van der Waals surface area contributed by atoms with Crippen molar-refractivity contribution >= 4 is 12.6 Å². The van der Waals surface area contributed by atoms with Crippen LogP contribution in [0.5, 0.6) is 0 Å². The molecule has 0 N–H and O–H groups in total. The SMILES string of the molecule is CC1C(C)(C)c2ccc(-c3cc(C=O)ccc3C=O)cc2C1(C)C. The smallest absolute Gasteiger partial charge is 0.150 e. The standard InChI is InChI=1S/C22H24O2/c1-14-21(2,3)19-9-8-16(11-20(19)22(14,4)5)18-10-15(12-23)6-7-17(18)13-24/h6-14H,1-5H3. The van der Waals surface area contributed by atoms with Crippen LogP contribution in [-0.4, -0.2) is 12.6 Å². The van der Waals surface area contributed by atoms with Crippen LogP contribution in [0.4, 0.5) is 0 Å². The number of fused-ring (bicyclic) bond motifs is 1. The van der Waals surface area contributed by atoms with Crippen molar-refractivity contribution < 1.29 is 9.59 Å². The fourth-order valence-electron chi connectivity index (χ4n) is 4.18. The zero-order chi connectivity index (χ0) is 17.7. The third-order valence-corrected chi connectivity index (χ3v) is 6.22. The van der Waals surface area contributed by atoms with Crippen molar-refractivity contribution in [2.45, 2.75) is 45.4 Å². The first-order valence-electron chi connectivity index (χ1n) is 8.43. The van der Waals surface area contributed by atoms with E-state index in [2.05, 4.69) is 52.8 Å². The topological polar surface area (TPSA) is 34.1 Å². The minimum atomic E-state index is 0.0679. The zero-order valence-electron chi connectivity index (χ0n) is 15.0. The Morgan fingerprint density at radius 2 is 1.50 bits per heavy atom. The molecule has 0 saturated heterocycles. The summed E-state index contributed by atoms with van der Waals surface area (Å²) in [6.45, 7) is 11.5. The van der Waals surface area contributed by atoms with Crippen LogP contribution in [0.25, 0.3) is 11.1 Å². The van der Waals surface area contributed by atoms with E-state index in [4.69, 9.17) is 0 Å². The normalized spacial score (nSPS) is 20.5. The molecule has 2 heteroatoms. The lowest BCUT2D eigenvalue weighted by molar-refractivity contribution is 0.111. The molecule has 0 aromatic heterocycles. The molecule has 3 rings (SSSR count). The molecule has 0 heterocycles. The molecule has 2 aromatic carbocycles. The highest BCUT2D eigenvalue weighted by atomic mass is 16.1. The van der Waals surface area contributed by atoms with E-state index >= 15 is 0 Å². The molecule has 1 atom stereocenters. The van der Waals surface area contributed by atoms with Crippen molar-refractivity contribution in [2.75, 3.05) is 0 Å². The molecular formula is C22H24O2. The molecule has 0 bridgehead atoms. The van der Waals surface area contributed by atoms with Gasteiger partial charge in [0.1, 0.15) is 6.29 Å². The van der Waals surface area contributed by atoms with E-state index in [1.165, 1.54) is 11.1 Å². The van der Waals surface area contributed by atoms with Crippen molar-refractivity contribution in [3.63, 3.8) is 0 Å². The number of hydrogen-bond donors (Lipinski definition) is 0. The molecule has 0 radical (unpaired) electrons. The molecule has 24 heavy (non-hydrogen) atoms. The Kier molecular flexibility index (Phi) is 3.75. The van der Waals surface area contributed by atoms with Gasteiger partial charge in [0, 0.05) is 11.1 Å². The molecule has 1 aliphatic carbocycles. The van der Waals surface area contributed by atoms with Crippen molar-refractivity contribution in [1.29, 1.82) is 0 Å². The summed E-state index contributed by atoms with van der Waals surface area (Å²) in [5, 5.41) is 0. The Morgan fingerprint density at radius 3 is 2.12 bits per heavy atom. The predicted molar refractivity (Wildman–Crippen MR) is 97.9 cm³/mol. The Hall–Kier alpha value is -2.22. The van der Waals surface area contributed by atoms with E-state index in [1.54, 1.807) is 18.2 Å². The van der Waals surface area contributed by atoms with Gasteiger partial charge in [-0.2, -0.15) is 0 Å². The molecule has 1 unspecified atom stereocenters. The van der Waals surface area contributed by atoms with E-state index in [9.17, 15) is 9.59 Å². The van der Waals surface area contributed by atoms with E-state index in [0.29, 0.717) is 17.0 Å². The highest BCUT2D eigenvalue weighted by Gasteiger charge is 2.48. The van der Waals surface area contributed by atoms with Gasteiger partial charge in [-0.3, -0.25) is 9.59 Å². The lowest BCUT2D eigenvalue weighted by Crippen LogP contribution is -2.30. The molecule has 2 aromatic rings.